The van der Waals surface area contributed by atoms with Gasteiger partial charge < -0.3 is 28.4 Å². The Hall–Kier alpha value is -6.30. The van der Waals surface area contributed by atoms with Crippen LogP contribution < -0.4 is 9.47 Å². The first-order valence-electron chi connectivity index (χ1n) is 22.7. The van der Waals surface area contributed by atoms with Crippen molar-refractivity contribution in [3.8, 4) is 34.0 Å². The number of nitrogens with zero attached hydrogens (tertiary/aromatic N) is 2. The molecule has 2 atom stereocenters. The van der Waals surface area contributed by atoms with Crippen LogP contribution in [0.3, 0.4) is 0 Å². The molecule has 0 aliphatic heterocycles. The second-order valence-corrected chi connectivity index (χ2v) is 15.8. The molecule has 1 aliphatic rings. The van der Waals surface area contributed by atoms with Crippen molar-refractivity contribution >= 4 is 23.9 Å². The summed E-state index contributed by atoms with van der Waals surface area (Å²) in [7, 11) is 0. The highest BCUT2D eigenvalue weighted by molar-refractivity contribution is 5.90. The third-order valence-corrected chi connectivity index (χ3v) is 10.9. The maximum absolute atomic E-state index is 13.2. The summed E-state index contributed by atoms with van der Waals surface area (Å²) in [5.41, 5.74) is 3.85. The second-order valence-electron chi connectivity index (χ2n) is 15.8. The highest BCUT2D eigenvalue weighted by Gasteiger charge is 2.32. The molecule has 2 aromatic carbocycles. The number of ether oxygens (including phenoxy) is 6. The van der Waals surface area contributed by atoms with Gasteiger partial charge in [-0.15, -0.1) is 0 Å². The lowest BCUT2D eigenvalue weighted by Crippen LogP contribution is -2.38. The Bertz CT molecular complexity index is 1900. The molecule has 340 valence electrons. The van der Waals surface area contributed by atoms with Crippen molar-refractivity contribution in [3.63, 3.8) is 0 Å². The van der Waals surface area contributed by atoms with Gasteiger partial charge in [0, 0.05) is 35.7 Å². The van der Waals surface area contributed by atoms with Gasteiger partial charge in [-0.25, -0.2) is 19.2 Å². The van der Waals surface area contributed by atoms with E-state index in [2.05, 4.69) is 23.1 Å². The predicted octanol–water partition coefficient (Wildman–Crippen LogP) is 11.0. The molecule has 2 aromatic heterocycles. The number of benzene rings is 2. The van der Waals surface area contributed by atoms with Crippen LogP contribution in [0.5, 0.6) is 11.5 Å². The van der Waals surface area contributed by atoms with Crippen LogP contribution >= 0.6 is 0 Å². The van der Waals surface area contributed by atoms with Crippen molar-refractivity contribution in [1.29, 1.82) is 0 Å². The van der Waals surface area contributed by atoms with E-state index in [1.165, 1.54) is 24.5 Å². The molecule has 64 heavy (non-hydrogen) atoms. The summed E-state index contributed by atoms with van der Waals surface area (Å²) in [5.74, 6) is -0.200. The van der Waals surface area contributed by atoms with E-state index in [4.69, 9.17) is 28.4 Å². The minimum atomic E-state index is -0.571. The van der Waals surface area contributed by atoms with E-state index in [0.717, 1.165) is 113 Å². The summed E-state index contributed by atoms with van der Waals surface area (Å²) in [5, 5.41) is 0. The third kappa shape index (κ3) is 17.1. The number of hydrogen-bond donors (Lipinski definition) is 0. The van der Waals surface area contributed by atoms with Crippen molar-refractivity contribution in [2.24, 2.45) is 0 Å². The molecular formula is C52H62N2O10. The lowest BCUT2D eigenvalue weighted by Gasteiger charge is -2.30. The normalized spacial score (nSPS) is 14.4. The SMILES string of the molecule is C=CC(=O)OCCCCCCCCOc1ccc(-c2ccc(C(=O)O[C@@H]3CCCC[C@H]3OC(=O)c3ccc(-c4ccc(OCCCCCCCCOC(=O)C=C)cc4)nc3)cn2)cc1. The van der Waals surface area contributed by atoms with Gasteiger partial charge in [-0.1, -0.05) is 64.5 Å². The molecule has 12 nitrogen and oxygen atoms in total. The van der Waals surface area contributed by atoms with Gasteiger partial charge in [0.05, 0.1) is 48.9 Å². The first kappa shape index (κ1) is 48.7. The highest BCUT2D eigenvalue weighted by atomic mass is 16.6. The summed E-state index contributed by atoms with van der Waals surface area (Å²) in [6.45, 7) is 8.93. The van der Waals surface area contributed by atoms with Crippen LogP contribution in [0.15, 0.2) is 111 Å². The van der Waals surface area contributed by atoms with Crippen LogP contribution in [-0.2, 0) is 28.5 Å². The van der Waals surface area contributed by atoms with Crippen LogP contribution in [-0.4, -0.2) is 72.5 Å². The number of carbonyl (C=O) groups is 4. The molecule has 0 spiro atoms. The lowest BCUT2D eigenvalue weighted by atomic mass is 9.94. The van der Waals surface area contributed by atoms with E-state index in [1.807, 2.05) is 48.5 Å². The van der Waals surface area contributed by atoms with Crippen LogP contribution in [0.4, 0.5) is 0 Å². The smallest absolute Gasteiger partial charge is 0.340 e. The molecule has 0 unspecified atom stereocenters. The van der Waals surface area contributed by atoms with E-state index in [9.17, 15) is 19.2 Å². The first-order chi connectivity index (χ1) is 31.3. The minimum Gasteiger partial charge on any atom is -0.494 e. The maximum atomic E-state index is 13.2. The molecule has 0 N–H and O–H groups in total. The molecule has 4 aromatic rings. The predicted molar refractivity (Wildman–Crippen MR) is 245 cm³/mol. The van der Waals surface area contributed by atoms with Crippen LogP contribution in [0.2, 0.25) is 0 Å². The molecule has 0 bridgehead atoms. The van der Waals surface area contributed by atoms with Crippen LogP contribution in [0.25, 0.3) is 22.5 Å². The average Bonchev–Trinajstić information content (AvgIpc) is 3.33. The maximum Gasteiger partial charge on any atom is 0.340 e. The highest BCUT2D eigenvalue weighted by Crippen LogP contribution is 2.28. The van der Waals surface area contributed by atoms with Gasteiger partial charge in [-0.2, -0.15) is 0 Å². The van der Waals surface area contributed by atoms with E-state index in [0.29, 0.717) is 61.8 Å². The Morgan fingerprint density at radius 1 is 0.484 bits per heavy atom. The number of unbranched alkanes of at least 4 members (excludes halogenated alkanes) is 10. The summed E-state index contributed by atoms with van der Waals surface area (Å²) < 4.78 is 33.6. The van der Waals surface area contributed by atoms with Gasteiger partial charge >= 0.3 is 23.9 Å². The van der Waals surface area contributed by atoms with Crippen molar-refractivity contribution in [2.45, 2.75) is 115 Å². The molecule has 2 heterocycles. The topological polar surface area (TPSA) is 149 Å². The minimum absolute atomic E-state index is 0.320. The van der Waals surface area contributed by atoms with Gasteiger partial charge in [0.25, 0.3) is 0 Å². The Morgan fingerprint density at radius 3 is 1.19 bits per heavy atom. The number of carbonyl (C=O) groups excluding carboxylic acids is 4. The van der Waals surface area contributed by atoms with E-state index in [1.54, 1.807) is 24.3 Å². The fourth-order valence-corrected chi connectivity index (χ4v) is 7.22. The molecular weight excluding hydrogens is 813 g/mol. The van der Waals surface area contributed by atoms with Crippen molar-refractivity contribution in [1.82, 2.24) is 9.97 Å². The Morgan fingerprint density at radius 2 is 0.844 bits per heavy atom. The number of pyridine rings is 2. The number of esters is 4. The molecule has 5 rings (SSSR count). The summed E-state index contributed by atoms with van der Waals surface area (Å²) in [6, 6.07) is 22.4. The Labute approximate surface area is 377 Å². The zero-order valence-corrected chi connectivity index (χ0v) is 36.9. The quantitative estimate of drug-likeness (QED) is 0.0231. The Balaban J connectivity index is 0.987. The largest absolute Gasteiger partial charge is 0.494 e. The van der Waals surface area contributed by atoms with E-state index < -0.39 is 24.1 Å². The van der Waals surface area contributed by atoms with Crippen LogP contribution in [0.1, 0.15) is 123 Å². The van der Waals surface area contributed by atoms with Crippen molar-refractivity contribution in [3.05, 3.63) is 122 Å². The monoisotopic (exact) mass is 874 g/mol. The van der Waals surface area contributed by atoms with Crippen molar-refractivity contribution < 1.29 is 47.6 Å². The zero-order valence-electron chi connectivity index (χ0n) is 36.9. The molecule has 12 heteroatoms. The molecule has 0 saturated heterocycles. The number of aromatic nitrogens is 2. The number of rotatable bonds is 28. The van der Waals surface area contributed by atoms with Crippen LogP contribution in [0, 0.1) is 0 Å². The zero-order chi connectivity index (χ0) is 45.2. The molecule has 1 saturated carbocycles. The second kappa shape index (κ2) is 27.7. The molecule has 1 fully saturated rings. The van der Waals surface area contributed by atoms with Gasteiger partial charge in [-0.3, -0.25) is 9.97 Å². The fourth-order valence-electron chi connectivity index (χ4n) is 7.22. The average molecular weight is 875 g/mol. The number of hydrogen-bond acceptors (Lipinski definition) is 12. The van der Waals surface area contributed by atoms with E-state index in [-0.39, 0.29) is 11.9 Å². The lowest BCUT2D eigenvalue weighted by molar-refractivity contribution is -0.138. The van der Waals surface area contributed by atoms with Gasteiger partial charge in [0.15, 0.2) is 0 Å². The molecule has 0 radical (unpaired) electrons. The summed E-state index contributed by atoms with van der Waals surface area (Å²) in [4.78, 5) is 57.7. The molecule has 0 amide bonds. The third-order valence-electron chi connectivity index (χ3n) is 10.9. The molecule has 1 aliphatic carbocycles. The van der Waals surface area contributed by atoms with Crippen molar-refractivity contribution in [2.75, 3.05) is 26.4 Å². The Kier molecular flexibility index (Phi) is 21.1. The fraction of sp³-hybridized carbons (Fsp3) is 0.423. The summed E-state index contributed by atoms with van der Waals surface area (Å²) >= 11 is 0. The van der Waals surface area contributed by atoms with Gasteiger partial charge in [0.2, 0.25) is 0 Å². The van der Waals surface area contributed by atoms with E-state index >= 15 is 0 Å². The summed E-state index contributed by atoms with van der Waals surface area (Å²) in [6.07, 6.45) is 19.4. The standard InChI is InChI=1S/C52H62N2O10/c1-3-49(55)61-35-17-11-7-5-9-15-33-59-43-27-21-39(22-28-43)45-31-25-41(37-53-45)51(57)63-47-19-13-14-20-48(47)64-52(58)42-26-32-46(54-38-42)40-23-29-44(30-24-40)60-34-16-10-6-8-12-18-36-62-50(56)4-2/h3-4,21-32,37-38,47-48H,1-2,5-20,33-36H2/t47-,48-/m1/s1. The van der Waals surface area contributed by atoms with Gasteiger partial charge in [-0.05, 0) is 124 Å². The van der Waals surface area contributed by atoms with Gasteiger partial charge in [0.1, 0.15) is 23.7 Å². The first-order valence-corrected chi connectivity index (χ1v) is 22.7.